The number of carboxylic acids is 1. The molecule has 0 saturated heterocycles. The second-order valence-corrected chi connectivity index (χ2v) is 5.53. The van der Waals surface area contributed by atoms with E-state index < -0.39 is 23.5 Å². The molecule has 19 heavy (non-hydrogen) atoms. The molecule has 0 fully saturated rings. The molecule has 1 atom stereocenters. The topological polar surface area (TPSA) is 86.6 Å². The van der Waals surface area contributed by atoms with Gasteiger partial charge in [0, 0.05) is 0 Å². The zero-order valence-corrected chi connectivity index (χ0v) is 12.4. The van der Waals surface area contributed by atoms with Crippen LogP contribution in [0.3, 0.4) is 0 Å². The SMILES string of the molecule is CCCC(O)(CCC)CC(=O)NC(C(=O)O)C(C)C. The fraction of sp³-hybridized carbons (Fsp3) is 0.857. The van der Waals surface area contributed by atoms with E-state index in [-0.39, 0.29) is 12.3 Å². The van der Waals surface area contributed by atoms with Gasteiger partial charge in [0.1, 0.15) is 6.04 Å². The van der Waals surface area contributed by atoms with Gasteiger partial charge in [-0.3, -0.25) is 4.79 Å². The molecule has 1 unspecified atom stereocenters. The molecule has 112 valence electrons. The second-order valence-electron chi connectivity index (χ2n) is 5.53. The summed E-state index contributed by atoms with van der Waals surface area (Å²) in [5, 5.41) is 21.9. The van der Waals surface area contributed by atoms with Crippen molar-refractivity contribution < 1.29 is 19.8 Å². The molecule has 1 amide bonds. The van der Waals surface area contributed by atoms with E-state index in [1.165, 1.54) is 0 Å². The number of rotatable bonds is 9. The summed E-state index contributed by atoms with van der Waals surface area (Å²) in [5.74, 6) is -1.63. The number of nitrogens with one attached hydrogen (secondary N) is 1. The molecule has 0 aromatic rings. The zero-order chi connectivity index (χ0) is 15.1. The van der Waals surface area contributed by atoms with Crippen molar-refractivity contribution in [3.8, 4) is 0 Å². The average Bonchev–Trinajstić information content (AvgIpc) is 2.25. The number of hydrogen-bond acceptors (Lipinski definition) is 3. The van der Waals surface area contributed by atoms with E-state index in [1.54, 1.807) is 13.8 Å². The molecule has 0 rings (SSSR count). The largest absolute Gasteiger partial charge is 0.480 e. The van der Waals surface area contributed by atoms with Crippen LogP contribution < -0.4 is 5.32 Å². The maximum Gasteiger partial charge on any atom is 0.326 e. The van der Waals surface area contributed by atoms with Gasteiger partial charge in [-0.15, -0.1) is 0 Å². The molecular formula is C14H27NO4. The first-order valence-electron chi connectivity index (χ1n) is 7.00. The Labute approximate surface area is 115 Å². The quantitative estimate of drug-likeness (QED) is 0.599. The summed E-state index contributed by atoms with van der Waals surface area (Å²) in [6.07, 6.45) is 2.64. The van der Waals surface area contributed by atoms with Crippen LogP contribution in [0, 0.1) is 5.92 Å². The zero-order valence-electron chi connectivity index (χ0n) is 12.4. The number of aliphatic hydroxyl groups is 1. The highest BCUT2D eigenvalue weighted by atomic mass is 16.4. The lowest BCUT2D eigenvalue weighted by atomic mass is 9.88. The fourth-order valence-electron chi connectivity index (χ4n) is 2.27. The molecule has 5 heteroatoms. The number of carboxylic acid groups (broad SMARTS) is 1. The van der Waals surface area contributed by atoms with Crippen molar-refractivity contribution in [3.05, 3.63) is 0 Å². The minimum absolute atomic E-state index is 0.0365. The van der Waals surface area contributed by atoms with Gasteiger partial charge in [0.05, 0.1) is 12.0 Å². The first-order chi connectivity index (χ1) is 8.75. The predicted octanol–water partition coefficient (Wildman–Crippen LogP) is 1.93. The van der Waals surface area contributed by atoms with Gasteiger partial charge in [-0.2, -0.15) is 0 Å². The predicted molar refractivity (Wildman–Crippen MR) is 73.8 cm³/mol. The van der Waals surface area contributed by atoms with Crippen LogP contribution in [-0.4, -0.2) is 33.7 Å². The molecular weight excluding hydrogens is 246 g/mol. The highest BCUT2D eigenvalue weighted by Gasteiger charge is 2.31. The van der Waals surface area contributed by atoms with Crippen molar-refractivity contribution in [3.63, 3.8) is 0 Å². The smallest absolute Gasteiger partial charge is 0.326 e. The van der Waals surface area contributed by atoms with Crippen molar-refractivity contribution in [2.45, 2.75) is 71.4 Å². The molecule has 0 saturated carbocycles. The summed E-state index contributed by atoms with van der Waals surface area (Å²) in [6.45, 7) is 7.38. The number of amides is 1. The standard InChI is InChI=1S/C14H27NO4/c1-5-7-14(19,8-6-2)9-11(16)15-12(10(3)4)13(17)18/h10,12,19H,5-9H2,1-4H3,(H,15,16)(H,17,18). The summed E-state index contributed by atoms with van der Waals surface area (Å²) in [6, 6.07) is -0.903. The van der Waals surface area contributed by atoms with Crippen LogP contribution in [0.1, 0.15) is 59.8 Å². The fourth-order valence-corrected chi connectivity index (χ4v) is 2.27. The first-order valence-corrected chi connectivity index (χ1v) is 7.00. The van der Waals surface area contributed by atoms with E-state index in [0.717, 1.165) is 12.8 Å². The van der Waals surface area contributed by atoms with Crippen molar-refractivity contribution in [1.29, 1.82) is 0 Å². The molecule has 0 radical (unpaired) electrons. The molecule has 0 aromatic heterocycles. The summed E-state index contributed by atoms with van der Waals surface area (Å²) < 4.78 is 0. The lowest BCUT2D eigenvalue weighted by Crippen LogP contribution is -2.47. The summed E-state index contributed by atoms with van der Waals surface area (Å²) in [4.78, 5) is 22.9. The second kappa shape index (κ2) is 8.15. The van der Waals surface area contributed by atoms with Crippen LogP contribution in [0.25, 0.3) is 0 Å². The molecule has 5 nitrogen and oxygen atoms in total. The molecule has 3 N–H and O–H groups in total. The van der Waals surface area contributed by atoms with E-state index >= 15 is 0 Å². The van der Waals surface area contributed by atoms with E-state index in [9.17, 15) is 14.7 Å². The normalized spacial score (nSPS) is 13.4. The van der Waals surface area contributed by atoms with Gasteiger partial charge in [0.15, 0.2) is 0 Å². The Morgan fingerprint density at radius 2 is 1.63 bits per heavy atom. The van der Waals surface area contributed by atoms with E-state index in [2.05, 4.69) is 5.32 Å². The minimum atomic E-state index is -1.04. The summed E-state index contributed by atoms with van der Waals surface area (Å²) in [7, 11) is 0. The van der Waals surface area contributed by atoms with Gasteiger partial charge in [-0.25, -0.2) is 4.79 Å². The third kappa shape index (κ3) is 6.57. The van der Waals surface area contributed by atoms with Gasteiger partial charge in [-0.05, 0) is 18.8 Å². The summed E-state index contributed by atoms with van der Waals surface area (Å²) >= 11 is 0. The number of hydrogen-bond donors (Lipinski definition) is 3. The van der Waals surface area contributed by atoms with Gasteiger partial charge < -0.3 is 15.5 Å². The van der Waals surface area contributed by atoms with Crippen molar-refractivity contribution in [2.75, 3.05) is 0 Å². The Morgan fingerprint density at radius 1 is 1.16 bits per heavy atom. The van der Waals surface area contributed by atoms with Crippen LogP contribution in [-0.2, 0) is 9.59 Å². The van der Waals surface area contributed by atoms with Crippen LogP contribution in [0.2, 0.25) is 0 Å². The molecule has 0 aliphatic carbocycles. The van der Waals surface area contributed by atoms with Crippen LogP contribution in [0.15, 0.2) is 0 Å². The van der Waals surface area contributed by atoms with Gasteiger partial charge in [0.2, 0.25) is 5.91 Å². The maximum atomic E-state index is 11.9. The van der Waals surface area contributed by atoms with Crippen molar-refractivity contribution in [1.82, 2.24) is 5.32 Å². The van der Waals surface area contributed by atoms with Crippen molar-refractivity contribution in [2.24, 2.45) is 5.92 Å². The third-order valence-electron chi connectivity index (χ3n) is 3.17. The minimum Gasteiger partial charge on any atom is -0.480 e. The Bertz CT molecular complexity index is 296. The van der Waals surface area contributed by atoms with Crippen molar-refractivity contribution >= 4 is 11.9 Å². The van der Waals surface area contributed by atoms with Crippen LogP contribution in [0.4, 0.5) is 0 Å². The van der Waals surface area contributed by atoms with E-state index in [4.69, 9.17) is 5.11 Å². The Hall–Kier alpha value is -1.10. The highest BCUT2D eigenvalue weighted by Crippen LogP contribution is 2.23. The molecule has 0 spiro atoms. The lowest BCUT2D eigenvalue weighted by Gasteiger charge is -2.28. The molecule has 0 aliphatic heterocycles. The molecule has 0 heterocycles. The Morgan fingerprint density at radius 3 is 1.95 bits per heavy atom. The summed E-state index contributed by atoms with van der Waals surface area (Å²) in [5.41, 5.74) is -1.02. The average molecular weight is 273 g/mol. The van der Waals surface area contributed by atoms with Crippen LogP contribution >= 0.6 is 0 Å². The third-order valence-corrected chi connectivity index (χ3v) is 3.17. The number of carbonyl (C=O) groups is 2. The van der Waals surface area contributed by atoms with Gasteiger partial charge in [-0.1, -0.05) is 40.5 Å². The van der Waals surface area contributed by atoms with E-state index in [1.807, 2.05) is 13.8 Å². The van der Waals surface area contributed by atoms with Crippen LogP contribution in [0.5, 0.6) is 0 Å². The highest BCUT2D eigenvalue weighted by molar-refractivity contribution is 5.84. The molecule has 0 aliphatic rings. The Balaban J connectivity index is 4.60. The Kier molecular flexibility index (Phi) is 7.68. The number of carbonyl (C=O) groups excluding carboxylic acids is 1. The monoisotopic (exact) mass is 273 g/mol. The molecule has 0 bridgehead atoms. The lowest BCUT2D eigenvalue weighted by molar-refractivity contribution is -0.144. The number of aliphatic carboxylic acids is 1. The molecule has 0 aromatic carbocycles. The van der Waals surface area contributed by atoms with E-state index in [0.29, 0.717) is 12.8 Å². The van der Waals surface area contributed by atoms with Gasteiger partial charge >= 0.3 is 5.97 Å². The first kappa shape index (κ1) is 17.9. The van der Waals surface area contributed by atoms with Gasteiger partial charge in [0.25, 0.3) is 0 Å². The maximum absolute atomic E-state index is 11.9.